The molecule has 21 heavy (non-hydrogen) atoms. The number of carbonyl (C=O) groups excluding carboxylic acids is 1. The molecule has 2 rings (SSSR count). The third-order valence-electron chi connectivity index (χ3n) is 4.44. The first-order chi connectivity index (χ1) is 10.0. The van der Waals surface area contributed by atoms with Crippen LogP contribution in [0.2, 0.25) is 0 Å². The van der Waals surface area contributed by atoms with Crippen molar-refractivity contribution in [2.24, 2.45) is 11.8 Å². The number of carbonyl (C=O) groups is 1. The Morgan fingerprint density at radius 2 is 2.00 bits per heavy atom. The van der Waals surface area contributed by atoms with Crippen molar-refractivity contribution in [3.05, 3.63) is 29.8 Å². The molecule has 0 radical (unpaired) electrons. The fourth-order valence-corrected chi connectivity index (χ4v) is 2.91. The van der Waals surface area contributed by atoms with Crippen LogP contribution in [0.15, 0.2) is 24.3 Å². The van der Waals surface area contributed by atoms with E-state index in [0.717, 1.165) is 25.9 Å². The van der Waals surface area contributed by atoms with Crippen LogP contribution < -0.4 is 4.74 Å². The third kappa shape index (κ3) is 3.76. The Morgan fingerprint density at radius 1 is 1.33 bits per heavy atom. The average Bonchev–Trinajstić information content (AvgIpc) is 2.53. The number of nitrogens with zero attached hydrogens (tertiary/aromatic N) is 1. The Morgan fingerprint density at radius 3 is 2.57 bits per heavy atom. The van der Waals surface area contributed by atoms with Crippen LogP contribution in [0.1, 0.15) is 38.4 Å². The van der Waals surface area contributed by atoms with Gasteiger partial charge in [0.1, 0.15) is 5.75 Å². The molecule has 1 aliphatic rings. The number of rotatable bonds is 4. The van der Waals surface area contributed by atoms with E-state index in [1.54, 1.807) is 36.3 Å². The largest absolute Gasteiger partial charge is 0.497 e. The number of piperidine rings is 1. The molecule has 1 fully saturated rings. The molecule has 1 heterocycles. The summed E-state index contributed by atoms with van der Waals surface area (Å²) in [7, 11) is 1.57. The van der Waals surface area contributed by atoms with E-state index in [9.17, 15) is 9.90 Å². The second kappa shape index (κ2) is 6.94. The number of likely N-dealkylation sites (tertiary alicyclic amines) is 1. The van der Waals surface area contributed by atoms with Crippen molar-refractivity contribution in [1.29, 1.82) is 0 Å². The van der Waals surface area contributed by atoms with Crippen LogP contribution in [0.3, 0.4) is 0 Å². The van der Waals surface area contributed by atoms with E-state index in [1.165, 1.54) is 0 Å². The Kier molecular flexibility index (Phi) is 5.23. The average molecular weight is 291 g/mol. The zero-order valence-corrected chi connectivity index (χ0v) is 13.1. The molecule has 1 aliphatic heterocycles. The van der Waals surface area contributed by atoms with Gasteiger partial charge in [-0.15, -0.1) is 0 Å². The van der Waals surface area contributed by atoms with E-state index in [2.05, 4.69) is 13.8 Å². The zero-order valence-electron chi connectivity index (χ0n) is 13.1. The van der Waals surface area contributed by atoms with E-state index in [-0.39, 0.29) is 5.91 Å². The van der Waals surface area contributed by atoms with E-state index in [0.29, 0.717) is 23.1 Å². The minimum absolute atomic E-state index is 0.203. The van der Waals surface area contributed by atoms with Gasteiger partial charge in [0.2, 0.25) is 0 Å². The Balaban J connectivity index is 1.99. The summed E-state index contributed by atoms with van der Waals surface area (Å²) in [6.07, 6.45) is 0.943. The lowest BCUT2D eigenvalue weighted by atomic mass is 9.86. The molecule has 1 atom stereocenters. The van der Waals surface area contributed by atoms with Crippen molar-refractivity contribution in [3.63, 3.8) is 0 Å². The number of aliphatic hydroxyl groups excluding tert-OH is 1. The highest BCUT2D eigenvalue weighted by atomic mass is 16.5. The lowest BCUT2D eigenvalue weighted by Gasteiger charge is -2.35. The predicted octanol–water partition coefficient (Wildman–Crippen LogP) is 2.62. The van der Waals surface area contributed by atoms with E-state index < -0.39 is 6.10 Å². The summed E-state index contributed by atoms with van der Waals surface area (Å²) in [6.45, 7) is 5.94. The van der Waals surface area contributed by atoms with Gasteiger partial charge in [0.15, 0.2) is 6.10 Å². The summed E-state index contributed by atoms with van der Waals surface area (Å²) in [5.74, 6) is 1.79. The van der Waals surface area contributed by atoms with Crippen molar-refractivity contribution in [1.82, 2.24) is 4.90 Å². The van der Waals surface area contributed by atoms with Gasteiger partial charge in [-0.2, -0.15) is 0 Å². The number of ether oxygens (including phenoxy) is 1. The molecule has 1 N–H and O–H groups in total. The first kappa shape index (κ1) is 15.8. The topological polar surface area (TPSA) is 49.8 Å². The number of hydrogen-bond donors (Lipinski definition) is 1. The van der Waals surface area contributed by atoms with Crippen molar-refractivity contribution < 1.29 is 14.6 Å². The molecule has 0 aromatic heterocycles. The minimum Gasteiger partial charge on any atom is -0.497 e. The summed E-state index contributed by atoms with van der Waals surface area (Å²) in [4.78, 5) is 14.2. The molecule has 0 aliphatic carbocycles. The SMILES string of the molecule is COc1cccc(C(O)C(=O)N2CCC(C(C)C)CC2)c1. The molecule has 0 bridgehead atoms. The van der Waals surface area contributed by atoms with Crippen molar-refractivity contribution in [3.8, 4) is 5.75 Å². The van der Waals surface area contributed by atoms with Gasteiger partial charge in [-0.25, -0.2) is 0 Å². The first-order valence-corrected chi connectivity index (χ1v) is 7.63. The molecule has 0 spiro atoms. The summed E-state index contributed by atoms with van der Waals surface area (Å²) >= 11 is 0. The molecule has 1 aromatic carbocycles. The molecule has 0 saturated carbocycles. The minimum atomic E-state index is -1.10. The normalized spacial score (nSPS) is 17.9. The molecule has 1 amide bonds. The highest BCUT2D eigenvalue weighted by molar-refractivity contribution is 5.82. The molecule has 4 nitrogen and oxygen atoms in total. The highest BCUT2D eigenvalue weighted by Gasteiger charge is 2.29. The lowest BCUT2D eigenvalue weighted by molar-refractivity contribution is -0.142. The van der Waals surface area contributed by atoms with Crippen LogP contribution in [-0.2, 0) is 4.79 Å². The van der Waals surface area contributed by atoms with Crippen LogP contribution >= 0.6 is 0 Å². The maximum atomic E-state index is 12.4. The van der Waals surface area contributed by atoms with Crippen LogP contribution in [0, 0.1) is 11.8 Å². The molecule has 116 valence electrons. The van der Waals surface area contributed by atoms with Crippen molar-refractivity contribution in [2.45, 2.75) is 32.8 Å². The van der Waals surface area contributed by atoms with Gasteiger partial charge in [0.25, 0.3) is 5.91 Å². The van der Waals surface area contributed by atoms with Gasteiger partial charge in [-0.3, -0.25) is 4.79 Å². The Labute approximate surface area is 126 Å². The summed E-state index contributed by atoms with van der Waals surface area (Å²) in [6, 6.07) is 7.06. The molecule has 1 aromatic rings. The highest BCUT2D eigenvalue weighted by Crippen LogP contribution is 2.27. The van der Waals surface area contributed by atoms with Gasteiger partial charge in [0, 0.05) is 13.1 Å². The number of benzene rings is 1. The maximum absolute atomic E-state index is 12.4. The monoisotopic (exact) mass is 291 g/mol. The van der Waals surface area contributed by atoms with Crippen LogP contribution in [0.4, 0.5) is 0 Å². The summed E-state index contributed by atoms with van der Waals surface area (Å²) in [5, 5.41) is 10.3. The first-order valence-electron chi connectivity index (χ1n) is 7.63. The fourth-order valence-electron chi connectivity index (χ4n) is 2.91. The van der Waals surface area contributed by atoms with Gasteiger partial charge >= 0.3 is 0 Å². The maximum Gasteiger partial charge on any atom is 0.256 e. The van der Waals surface area contributed by atoms with Gasteiger partial charge in [-0.05, 0) is 42.4 Å². The Hall–Kier alpha value is -1.55. The number of amides is 1. The third-order valence-corrected chi connectivity index (χ3v) is 4.44. The van der Waals surface area contributed by atoms with Crippen molar-refractivity contribution >= 4 is 5.91 Å². The molecular weight excluding hydrogens is 266 g/mol. The van der Waals surface area contributed by atoms with Crippen LogP contribution in [-0.4, -0.2) is 36.1 Å². The van der Waals surface area contributed by atoms with E-state index in [4.69, 9.17) is 4.74 Å². The van der Waals surface area contributed by atoms with Crippen molar-refractivity contribution in [2.75, 3.05) is 20.2 Å². The zero-order chi connectivity index (χ0) is 15.4. The van der Waals surface area contributed by atoms with Crippen LogP contribution in [0.5, 0.6) is 5.75 Å². The number of aliphatic hydroxyl groups is 1. The number of hydrogen-bond acceptors (Lipinski definition) is 3. The Bertz CT molecular complexity index is 479. The molecular formula is C17H25NO3. The second-order valence-corrected chi connectivity index (χ2v) is 6.09. The fraction of sp³-hybridized carbons (Fsp3) is 0.588. The van der Waals surface area contributed by atoms with Crippen LogP contribution in [0.25, 0.3) is 0 Å². The molecule has 1 saturated heterocycles. The summed E-state index contributed by atoms with van der Waals surface area (Å²) in [5.41, 5.74) is 0.588. The molecule has 4 heteroatoms. The summed E-state index contributed by atoms with van der Waals surface area (Å²) < 4.78 is 5.13. The smallest absolute Gasteiger partial charge is 0.256 e. The predicted molar refractivity (Wildman–Crippen MR) is 82.1 cm³/mol. The van der Waals surface area contributed by atoms with Gasteiger partial charge in [0.05, 0.1) is 7.11 Å². The number of methoxy groups -OCH3 is 1. The van der Waals surface area contributed by atoms with Gasteiger partial charge in [-0.1, -0.05) is 26.0 Å². The second-order valence-electron chi connectivity index (χ2n) is 6.09. The quantitative estimate of drug-likeness (QED) is 0.927. The van der Waals surface area contributed by atoms with E-state index >= 15 is 0 Å². The lowest BCUT2D eigenvalue weighted by Crippen LogP contribution is -2.41. The standard InChI is InChI=1S/C17H25NO3/c1-12(2)13-7-9-18(10-8-13)17(20)16(19)14-5-4-6-15(11-14)21-3/h4-6,11-13,16,19H,7-10H2,1-3H3. The van der Waals surface area contributed by atoms with E-state index in [1.807, 2.05) is 0 Å². The molecule has 1 unspecified atom stereocenters. The van der Waals surface area contributed by atoms with Gasteiger partial charge < -0.3 is 14.7 Å².